The van der Waals surface area contributed by atoms with Crippen LogP contribution in [0.5, 0.6) is 0 Å². The molecule has 1 amide bonds. The van der Waals surface area contributed by atoms with Gasteiger partial charge in [-0.1, -0.05) is 24.3 Å². The number of fused-ring (bicyclic) bond motifs is 2. The van der Waals surface area contributed by atoms with Gasteiger partial charge < -0.3 is 29.2 Å². The Morgan fingerprint density at radius 1 is 1.02 bits per heavy atom. The van der Waals surface area contributed by atoms with E-state index in [0.717, 1.165) is 96.4 Å². The van der Waals surface area contributed by atoms with E-state index < -0.39 is 0 Å². The van der Waals surface area contributed by atoms with Crippen molar-refractivity contribution < 1.29 is 9.53 Å². The summed E-state index contributed by atoms with van der Waals surface area (Å²) in [6.07, 6.45) is 10.3. The smallest absolute Gasteiger partial charge is 0.246 e. The minimum Gasteiger partial charge on any atom is -0.379 e. The maximum atomic E-state index is 13.4. The number of piperazine rings is 1. The number of nitrogens with zero attached hydrogens (tertiary/aromatic N) is 9. The van der Waals surface area contributed by atoms with Gasteiger partial charge in [0, 0.05) is 94.7 Å². The molecule has 1 unspecified atom stereocenters. The fourth-order valence-corrected chi connectivity index (χ4v) is 8.32. The van der Waals surface area contributed by atoms with Crippen LogP contribution in [0.25, 0.3) is 0 Å². The molecule has 1 aliphatic carbocycles. The third-order valence-corrected chi connectivity index (χ3v) is 11.1. The van der Waals surface area contributed by atoms with Crippen molar-refractivity contribution in [2.24, 2.45) is 0 Å². The maximum Gasteiger partial charge on any atom is 0.246 e. The molecule has 3 fully saturated rings. The number of hydrogen-bond acceptors (Lipinski definition) is 10. The first-order valence-electron chi connectivity index (χ1n) is 18.0. The second-order valence-electron chi connectivity index (χ2n) is 14.3. The van der Waals surface area contributed by atoms with Gasteiger partial charge in [-0.2, -0.15) is 10.2 Å². The number of carbonyl (C=O) groups excluding carboxylic acids is 1. The fraction of sp³-hybridized carbons (Fsp3) is 0.622. The van der Waals surface area contributed by atoms with Crippen molar-refractivity contribution in [3.63, 3.8) is 0 Å². The van der Waals surface area contributed by atoms with E-state index in [0.29, 0.717) is 38.1 Å². The molecule has 0 N–H and O–H groups in total. The van der Waals surface area contributed by atoms with Crippen molar-refractivity contribution in [3.8, 4) is 6.07 Å². The Morgan fingerprint density at radius 3 is 2.69 bits per heavy atom. The van der Waals surface area contributed by atoms with Crippen LogP contribution in [0.15, 0.2) is 36.4 Å². The van der Waals surface area contributed by atoms with Gasteiger partial charge in [-0.3, -0.25) is 9.69 Å². The number of nitriles is 1. The number of aryl methyl sites for hydroxylation is 1. The number of aromatic nitrogens is 2. The molecule has 1 aromatic carbocycles. The average Bonchev–Trinajstić information content (AvgIpc) is 3.62. The number of para-hydroxylation sites is 1. The van der Waals surface area contributed by atoms with Crippen molar-refractivity contribution in [2.45, 2.75) is 63.1 Å². The van der Waals surface area contributed by atoms with Gasteiger partial charge in [0.15, 0.2) is 0 Å². The lowest BCUT2D eigenvalue weighted by atomic mass is 9.88. The van der Waals surface area contributed by atoms with E-state index in [-0.39, 0.29) is 11.9 Å². The lowest BCUT2D eigenvalue weighted by Crippen LogP contribution is -2.55. The van der Waals surface area contributed by atoms with Gasteiger partial charge in [0.2, 0.25) is 11.9 Å². The summed E-state index contributed by atoms with van der Waals surface area (Å²) in [7, 11) is 4.31. The van der Waals surface area contributed by atoms with Gasteiger partial charge in [-0.05, 0) is 57.8 Å². The monoisotopic (exact) mass is 653 g/mol. The molecule has 3 saturated heterocycles. The SMILES string of the molecule is CN(C)[C@H]1CCN(c2nc3c(c(N4CCN(C(=O)/C=C/CN5CCOCC5)[C@@H](CC#N)C4)n2)CCC(N2CCCc4ccccc42)C3)C1. The number of carbonyl (C=O) groups is 1. The van der Waals surface area contributed by atoms with Crippen LogP contribution < -0.4 is 14.7 Å². The molecular formula is C37H51N9O2. The molecule has 0 radical (unpaired) electrons. The highest BCUT2D eigenvalue weighted by Crippen LogP contribution is 2.37. The van der Waals surface area contributed by atoms with Crippen molar-refractivity contribution >= 4 is 23.4 Å². The van der Waals surface area contributed by atoms with E-state index in [4.69, 9.17) is 14.7 Å². The Balaban J connectivity index is 1.13. The molecule has 0 spiro atoms. The van der Waals surface area contributed by atoms with Gasteiger partial charge >= 0.3 is 0 Å². The minimum absolute atomic E-state index is 0.00925. The number of rotatable bonds is 8. The van der Waals surface area contributed by atoms with E-state index in [1.54, 1.807) is 6.08 Å². The number of morpholine rings is 1. The van der Waals surface area contributed by atoms with Gasteiger partial charge in [-0.15, -0.1) is 0 Å². The number of ether oxygens (including phenoxy) is 1. The fourth-order valence-electron chi connectivity index (χ4n) is 8.32. The molecule has 256 valence electrons. The molecule has 5 heterocycles. The summed E-state index contributed by atoms with van der Waals surface area (Å²) in [5.74, 6) is 1.83. The molecule has 11 nitrogen and oxygen atoms in total. The van der Waals surface area contributed by atoms with Crippen LogP contribution >= 0.6 is 0 Å². The summed E-state index contributed by atoms with van der Waals surface area (Å²) < 4.78 is 5.45. The zero-order valence-electron chi connectivity index (χ0n) is 28.8. The van der Waals surface area contributed by atoms with Gasteiger partial charge in [0.25, 0.3) is 0 Å². The predicted molar refractivity (Wildman–Crippen MR) is 189 cm³/mol. The van der Waals surface area contributed by atoms with Crippen molar-refractivity contribution in [1.82, 2.24) is 24.7 Å². The molecule has 5 aliphatic rings. The van der Waals surface area contributed by atoms with Gasteiger partial charge in [0.05, 0.1) is 37.4 Å². The van der Waals surface area contributed by atoms with E-state index in [1.165, 1.54) is 28.9 Å². The first-order chi connectivity index (χ1) is 23.5. The molecule has 2 aromatic rings. The lowest BCUT2D eigenvalue weighted by Gasteiger charge is -2.43. The van der Waals surface area contributed by atoms with E-state index in [9.17, 15) is 10.1 Å². The first-order valence-corrected chi connectivity index (χ1v) is 18.0. The summed E-state index contributed by atoms with van der Waals surface area (Å²) in [5, 5.41) is 9.81. The van der Waals surface area contributed by atoms with Crippen LogP contribution in [0.3, 0.4) is 0 Å². The highest BCUT2D eigenvalue weighted by molar-refractivity contribution is 5.88. The number of benzene rings is 1. The topological polar surface area (TPSA) is 95.3 Å². The first kappa shape index (κ1) is 32.8. The summed E-state index contributed by atoms with van der Waals surface area (Å²) in [4.78, 5) is 37.9. The Morgan fingerprint density at radius 2 is 1.88 bits per heavy atom. The summed E-state index contributed by atoms with van der Waals surface area (Å²) in [5.41, 5.74) is 5.27. The van der Waals surface area contributed by atoms with E-state index in [1.807, 2.05) is 11.0 Å². The summed E-state index contributed by atoms with van der Waals surface area (Å²) in [6, 6.07) is 12.0. The Hall–Kier alpha value is -3.72. The zero-order chi connectivity index (χ0) is 33.0. The molecule has 0 saturated carbocycles. The third-order valence-electron chi connectivity index (χ3n) is 11.1. The summed E-state index contributed by atoms with van der Waals surface area (Å²) >= 11 is 0. The molecule has 4 aliphatic heterocycles. The van der Waals surface area contributed by atoms with Crippen LogP contribution in [0.1, 0.15) is 42.5 Å². The van der Waals surface area contributed by atoms with Crippen molar-refractivity contribution in [3.05, 3.63) is 53.2 Å². The highest BCUT2D eigenvalue weighted by atomic mass is 16.5. The lowest BCUT2D eigenvalue weighted by molar-refractivity contribution is -0.128. The average molecular weight is 654 g/mol. The van der Waals surface area contributed by atoms with Gasteiger partial charge in [0.1, 0.15) is 5.82 Å². The predicted octanol–water partition coefficient (Wildman–Crippen LogP) is 2.75. The molecule has 0 bridgehead atoms. The summed E-state index contributed by atoms with van der Waals surface area (Å²) in [6.45, 7) is 8.81. The van der Waals surface area contributed by atoms with Crippen LogP contribution in [-0.4, -0.2) is 135 Å². The van der Waals surface area contributed by atoms with E-state index >= 15 is 0 Å². The Labute approximate surface area is 285 Å². The normalized spacial score (nSPS) is 25.0. The number of anilines is 3. The molecule has 11 heteroatoms. The number of hydrogen-bond donors (Lipinski definition) is 0. The number of likely N-dealkylation sites (N-methyl/N-ethyl adjacent to an activating group) is 1. The second kappa shape index (κ2) is 14.8. The van der Waals surface area contributed by atoms with Crippen LogP contribution in [0, 0.1) is 11.3 Å². The quantitative estimate of drug-likeness (QED) is 0.396. The van der Waals surface area contributed by atoms with Gasteiger partial charge in [-0.25, -0.2) is 4.98 Å². The third kappa shape index (κ3) is 7.02. The molecule has 48 heavy (non-hydrogen) atoms. The number of amides is 1. The van der Waals surface area contributed by atoms with Crippen LogP contribution in [0.4, 0.5) is 17.5 Å². The molecular weight excluding hydrogens is 602 g/mol. The highest BCUT2D eigenvalue weighted by Gasteiger charge is 2.36. The standard InChI is InChI=1S/C37H51N9O2/c1-41(2)30-14-18-44(26-30)37-39-33-25-29(45-17-5-8-28-7-3-4-9-34(28)45)11-12-32(33)36(40-37)43-19-20-46(31(27-43)13-15-38)35(47)10-6-16-42-21-23-48-24-22-42/h3-4,6-7,9-10,29-31H,5,8,11-14,16-27H2,1-2H3/b10-6+/t29?,30-,31-/m0/s1. The minimum atomic E-state index is -0.190. The van der Waals surface area contributed by atoms with E-state index in [2.05, 4.69) is 68.9 Å². The molecule has 1 aromatic heterocycles. The Bertz CT molecular complexity index is 1520. The zero-order valence-corrected chi connectivity index (χ0v) is 28.8. The van der Waals surface area contributed by atoms with Crippen molar-refractivity contribution in [1.29, 1.82) is 5.26 Å². The van der Waals surface area contributed by atoms with Crippen molar-refractivity contribution in [2.75, 3.05) is 101 Å². The maximum absolute atomic E-state index is 13.4. The van der Waals surface area contributed by atoms with Crippen LogP contribution in [-0.2, 0) is 28.8 Å². The molecule has 7 rings (SSSR count). The Kier molecular flexibility index (Phi) is 10.1. The molecule has 3 atom stereocenters. The largest absolute Gasteiger partial charge is 0.379 e. The van der Waals surface area contributed by atoms with Crippen LogP contribution in [0.2, 0.25) is 0 Å². The second-order valence-corrected chi connectivity index (χ2v) is 14.3.